The molecule has 152 valence electrons. The molecule has 0 unspecified atom stereocenters. The van der Waals surface area contributed by atoms with E-state index >= 15 is 0 Å². The van der Waals surface area contributed by atoms with Gasteiger partial charge in [-0.3, -0.25) is 9.78 Å². The Balaban J connectivity index is 1.67. The summed E-state index contributed by atoms with van der Waals surface area (Å²) in [4.78, 5) is 16.9. The first kappa shape index (κ1) is 19.9. The largest absolute Gasteiger partial charge is 0.346 e. The highest BCUT2D eigenvalue weighted by atomic mass is 32.2. The summed E-state index contributed by atoms with van der Waals surface area (Å²) in [6.45, 7) is 1.76. The van der Waals surface area contributed by atoms with Crippen LogP contribution in [0.2, 0.25) is 0 Å². The van der Waals surface area contributed by atoms with E-state index in [-0.39, 0.29) is 17.4 Å². The predicted octanol–water partition coefficient (Wildman–Crippen LogP) is 1.97. The zero-order valence-corrected chi connectivity index (χ0v) is 17.2. The van der Waals surface area contributed by atoms with E-state index in [2.05, 4.69) is 27.2 Å². The van der Waals surface area contributed by atoms with Crippen LogP contribution in [-0.4, -0.2) is 46.1 Å². The van der Waals surface area contributed by atoms with Gasteiger partial charge in [0.2, 0.25) is 0 Å². The van der Waals surface area contributed by atoms with Gasteiger partial charge in [0.1, 0.15) is 0 Å². The first-order valence-electron chi connectivity index (χ1n) is 9.43. The van der Waals surface area contributed by atoms with Crippen molar-refractivity contribution >= 4 is 15.7 Å². The minimum absolute atomic E-state index is 0.0508. The van der Waals surface area contributed by atoms with Crippen LogP contribution in [0.1, 0.15) is 34.8 Å². The lowest BCUT2D eigenvalue weighted by Gasteiger charge is -2.24. The molecule has 1 atom stereocenters. The number of nitrogens with one attached hydrogen (secondary N) is 1. The molecule has 30 heavy (non-hydrogen) atoms. The Hall–Kier alpha value is -3.44. The van der Waals surface area contributed by atoms with Crippen molar-refractivity contribution in [2.24, 2.45) is 0 Å². The fraction of sp³-hybridized carbons (Fsp3) is 0.227. The molecule has 0 saturated carbocycles. The topological polar surface area (TPSA) is 93.9 Å². The van der Waals surface area contributed by atoms with Crippen LogP contribution in [-0.2, 0) is 9.84 Å². The molecule has 8 heteroatoms. The zero-order valence-electron chi connectivity index (χ0n) is 16.4. The number of rotatable bonds is 3. The lowest BCUT2D eigenvalue weighted by Crippen LogP contribution is -2.46. The van der Waals surface area contributed by atoms with Gasteiger partial charge in [-0.15, -0.1) is 0 Å². The van der Waals surface area contributed by atoms with E-state index in [0.717, 1.165) is 11.3 Å². The Morgan fingerprint density at radius 2 is 2.07 bits per heavy atom. The molecule has 2 aromatic heterocycles. The number of aromatic nitrogens is 3. The minimum atomic E-state index is -3.12. The summed E-state index contributed by atoms with van der Waals surface area (Å²) in [6, 6.07) is 10.6. The molecular weight excluding hydrogens is 400 g/mol. The van der Waals surface area contributed by atoms with Crippen molar-refractivity contribution in [3.63, 3.8) is 0 Å². The molecular formula is C22H20N4O3S. The summed E-state index contributed by atoms with van der Waals surface area (Å²) >= 11 is 0. The van der Waals surface area contributed by atoms with Crippen molar-refractivity contribution in [3.05, 3.63) is 77.9 Å². The third-order valence-corrected chi connectivity index (χ3v) is 6.83. The standard InChI is InChI=1S/C22H20N4O3S/c1-22(9-13-30(28,29)16-22)25-21(27)19-7-8-20(26-12-3-11-24-26)18(14-19)6-5-17-4-2-10-23-15-17/h2-4,7-8,10-12,14-15H,9,13,16H2,1H3,(H,25,27)/t22-/m1/s1. The van der Waals surface area contributed by atoms with E-state index in [0.29, 0.717) is 17.5 Å². The smallest absolute Gasteiger partial charge is 0.251 e. The summed E-state index contributed by atoms with van der Waals surface area (Å²) < 4.78 is 25.3. The molecule has 1 N–H and O–H groups in total. The predicted molar refractivity (Wildman–Crippen MR) is 113 cm³/mol. The first-order valence-corrected chi connectivity index (χ1v) is 11.2. The molecule has 0 radical (unpaired) electrons. The molecule has 1 aliphatic heterocycles. The van der Waals surface area contributed by atoms with Crippen molar-refractivity contribution < 1.29 is 13.2 Å². The lowest BCUT2D eigenvalue weighted by atomic mass is 10.0. The van der Waals surface area contributed by atoms with Crippen LogP contribution in [0.25, 0.3) is 5.69 Å². The molecule has 1 aliphatic rings. The van der Waals surface area contributed by atoms with Gasteiger partial charge in [0.25, 0.3) is 5.91 Å². The molecule has 0 bridgehead atoms. The summed E-state index contributed by atoms with van der Waals surface area (Å²) in [5, 5.41) is 7.14. The van der Waals surface area contributed by atoms with E-state index < -0.39 is 15.4 Å². The van der Waals surface area contributed by atoms with Crippen LogP contribution in [0.4, 0.5) is 0 Å². The van der Waals surface area contributed by atoms with Gasteiger partial charge < -0.3 is 5.32 Å². The highest BCUT2D eigenvalue weighted by molar-refractivity contribution is 7.91. The van der Waals surface area contributed by atoms with Gasteiger partial charge in [-0.25, -0.2) is 13.1 Å². The number of benzene rings is 1. The van der Waals surface area contributed by atoms with Crippen LogP contribution < -0.4 is 5.32 Å². The molecule has 1 amide bonds. The Labute approximate surface area is 175 Å². The number of carbonyl (C=O) groups excluding carboxylic acids is 1. The van der Waals surface area contributed by atoms with Crippen LogP contribution in [0.5, 0.6) is 0 Å². The monoisotopic (exact) mass is 420 g/mol. The van der Waals surface area contributed by atoms with Crippen molar-refractivity contribution in [1.29, 1.82) is 0 Å². The molecule has 1 fully saturated rings. The molecule has 4 rings (SSSR count). The number of pyridine rings is 1. The number of hydrogen-bond acceptors (Lipinski definition) is 5. The second-order valence-electron chi connectivity index (χ2n) is 7.53. The van der Waals surface area contributed by atoms with Gasteiger partial charge >= 0.3 is 0 Å². The van der Waals surface area contributed by atoms with Crippen molar-refractivity contribution in [2.45, 2.75) is 18.9 Å². The molecule has 1 aromatic carbocycles. The van der Waals surface area contributed by atoms with E-state index in [9.17, 15) is 13.2 Å². The van der Waals surface area contributed by atoms with Gasteiger partial charge in [0.15, 0.2) is 9.84 Å². The fourth-order valence-corrected chi connectivity index (χ4v) is 5.51. The van der Waals surface area contributed by atoms with E-state index in [4.69, 9.17) is 0 Å². The van der Waals surface area contributed by atoms with Crippen LogP contribution in [0.15, 0.2) is 61.2 Å². The van der Waals surface area contributed by atoms with Crippen molar-refractivity contribution in [2.75, 3.05) is 11.5 Å². The van der Waals surface area contributed by atoms with Crippen LogP contribution in [0, 0.1) is 11.8 Å². The zero-order chi connectivity index (χ0) is 21.2. The van der Waals surface area contributed by atoms with E-state index in [1.807, 2.05) is 6.07 Å². The van der Waals surface area contributed by atoms with Gasteiger partial charge in [0, 0.05) is 35.9 Å². The van der Waals surface area contributed by atoms with E-state index in [1.165, 1.54) is 0 Å². The maximum absolute atomic E-state index is 12.9. The second-order valence-corrected chi connectivity index (χ2v) is 9.72. The van der Waals surface area contributed by atoms with E-state index in [1.54, 1.807) is 66.7 Å². The van der Waals surface area contributed by atoms with Crippen LogP contribution >= 0.6 is 0 Å². The summed E-state index contributed by atoms with van der Waals surface area (Å²) in [5.41, 5.74) is 1.76. The number of carbonyl (C=O) groups is 1. The van der Waals surface area contributed by atoms with Gasteiger partial charge in [-0.2, -0.15) is 5.10 Å². The maximum atomic E-state index is 12.9. The maximum Gasteiger partial charge on any atom is 0.251 e. The van der Waals surface area contributed by atoms with Crippen molar-refractivity contribution in [1.82, 2.24) is 20.1 Å². The fourth-order valence-electron chi connectivity index (χ4n) is 3.42. The molecule has 1 saturated heterocycles. The lowest BCUT2D eigenvalue weighted by molar-refractivity contribution is 0.0915. The Kier molecular flexibility index (Phi) is 5.14. The van der Waals surface area contributed by atoms with Crippen molar-refractivity contribution in [3.8, 4) is 17.5 Å². The molecule has 0 spiro atoms. The first-order chi connectivity index (χ1) is 14.3. The average molecular weight is 420 g/mol. The quantitative estimate of drug-likeness (QED) is 0.654. The number of amides is 1. The third kappa shape index (κ3) is 4.42. The highest BCUT2D eigenvalue weighted by Crippen LogP contribution is 2.24. The summed E-state index contributed by atoms with van der Waals surface area (Å²) in [6.07, 6.45) is 7.21. The highest BCUT2D eigenvalue weighted by Gasteiger charge is 2.39. The Morgan fingerprint density at radius 3 is 2.73 bits per heavy atom. The SMILES string of the molecule is C[C@@]1(NC(=O)c2ccc(-n3cccn3)c(C#Cc3cccnc3)c2)CCS(=O)(=O)C1. The average Bonchev–Trinajstić information content (AvgIpc) is 3.34. The summed E-state index contributed by atoms with van der Waals surface area (Å²) in [7, 11) is -3.12. The van der Waals surface area contributed by atoms with Gasteiger partial charge in [-0.05, 0) is 49.7 Å². The van der Waals surface area contributed by atoms with Gasteiger partial charge in [-0.1, -0.05) is 11.8 Å². The number of hydrogen-bond donors (Lipinski definition) is 1. The third-order valence-electron chi connectivity index (χ3n) is 4.93. The number of nitrogens with zero attached hydrogens (tertiary/aromatic N) is 3. The normalized spacial score (nSPS) is 19.6. The molecule has 3 heterocycles. The minimum Gasteiger partial charge on any atom is -0.346 e. The molecule has 0 aliphatic carbocycles. The molecule has 3 aromatic rings. The second kappa shape index (κ2) is 7.76. The summed E-state index contributed by atoms with van der Waals surface area (Å²) in [5.74, 6) is 5.87. The van der Waals surface area contributed by atoms with Gasteiger partial charge in [0.05, 0.1) is 28.3 Å². The Bertz CT molecular complexity index is 1240. The number of sulfone groups is 1. The van der Waals surface area contributed by atoms with Crippen LogP contribution in [0.3, 0.4) is 0 Å². The Morgan fingerprint density at radius 1 is 1.20 bits per heavy atom. The molecule has 7 nitrogen and oxygen atoms in total.